The van der Waals surface area contributed by atoms with E-state index in [-0.39, 0.29) is 23.6 Å². The van der Waals surface area contributed by atoms with Gasteiger partial charge in [-0.25, -0.2) is 8.42 Å². The fourth-order valence-corrected chi connectivity index (χ4v) is 3.61. The molecule has 1 aromatic rings. The Kier molecular flexibility index (Phi) is 5.82. The first-order valence-electron chi connectivity index (χ1n) is 6.06. The van der Waals surface area contributed by atoms with E-state index in [1.807, 2.05) is 38.1 Å². The molecule has 0 saturated heterocycles. The monoisotopic (exact) mass is 333 g/mol. The lowest BCUT2D eigenvalue weighted by Gasteiger charge is -2.21. The van der Waals surface area contributed by atoms with Crippen molar-refractivity contribution in [3.63, 3.8) is 0 Å². The van der Waals surface area contributed by atoms with Gasteiger partial charge in [-0.1, -0.05) is 41.1 Å². The third kappa shape index (κ3) is 4.71. The van der Waals surface area contributed by atoms with Crippen LogP contribution in [0.5, 0.6) is 0 Å². The second kappa shape index (κ2) is 6.68. The van der Waals surface area contributed by atoms with Crippen molar-refractivity contribution in [2.75, 3.05) is 11.5 Å². The Balaban J connectivity index is 2.66. The maximum absolute atomic E-state index is 11.5. The van der Waals surface area contributed by atoms with Crippen molar-refractivity contribution in [3.8, 4) is 0 Å². The van der Waals surface area contributed by atoms with Crippen LogP contribution in [0.3, 0.4) is 0 Å². The largest absolute Gasteiger partial charge is 0.307 e. The Morgan fingerprint density at radius 3 is 2.44 bits per heavy atom. The Morgan fingerprint density at radius 2 is 1.89 bits per heavy atom. The summed E-state index contributed by atoms with van der Waals surface area (Å²) in [6, 6.07) is 8.01. The quantitative estimate of drug-likeness (QED) is 0.870. The summed E-state index contributed by atoms with van der Waals surface area (Å²) in [6.45, 7) is 5.62. The van der Waals surface area contributed by atoms with Gasteiger partial charge in [0.15, 0.2) is 9.84 Å². The van der Waals surface area contributed by atoms with Gasteiger partial charge in [0.05, 0.1) is 5.75 Å². The average Bonchev–Trinajstić information content (AvgIpc) is 2.28. The molecule has 0 amide bonds. The lowest BCUT2D eigenvalue weighted by Crippen LogP contribution is -2.35. The Labute approximate surface area is 118 Å². The second-order valence-corrected chi connectivity index (χ2v) is 7.76. The lowest BCUT2D eigenvalue weighted by molar-refractivity contribution is 0.498. The normalized spacial score (nSPS) is 15.3. The fraction of sp³-hybridized carbons (Fsp3) is 0.538. The van der Waals surface area contributed by atoms with E-state index in [4.69, 9.17) is 0 Å². The summed E-state index contributed by atoms with van der Waals surface area (Å²) >= 11 is 3.50. The smallest absolute Gasteiger partial charge is 0.151 e. The molecule has 18 heavy (non-hydrogen) atoms. The molecule has 0 aromatic heterocycles. The summed E-state index contributed by atoms with van der Waals surface area (Å²) < 4.78 is 24.1. The average molecular weight is 334 g/mol. The van der Waals surface area contributed by atoms with Gasteiger partial charge in [0.1, 0.15) is 0 Å². The summed E-state index contributed by atoms with van der Waals surface area (Å²) in [4.78, 5) is 0. The van der Waals surface area contributed by atoms with Crippen LogP contribution >= 0.6 is 15.9 Å². The molecule has 0 aliphatic carbocycles. The molecular formula is C13H20BrNO2S. The molecule has 0 saturated carbocycles. The van der Waals surface area contributed by atoms with E-state index < -0.39 is 9.84 Å². The first kappa shape index (κ1) is 15.7. The SMILES string of the molecule is CCS(=O)(=O)CC(C)NC(C)c1ccccc1Br. The first-order chi connectivity index (χ1) is 8.35. The van der Waals surface area contributed by atoms with Gasteiger partial charge in [0.2, 0.25) is 0 Å². The Hall–Kier alpha value is -0.390. The highest BCUT2D eigenvalue weighted by molar-refractivity contribution is 9.10. The number of sulfone groups is 1. The second-order valence-electron chi connectivity index (χ2n) is 4.51. The molecule has 0 heterocycles. The van der Waals surface area contributed by atoms with Crippen molar-refractivity contribution in [2.45, 2.75) is 32.9 Å². The molecule has 0 fully saturated rings. The van der Waals surface area contributed by atoms with Gasteiger partial charge in [-0.3, -0.25) is 0 Å². The highest BCUT2D eigenvalue weighted by Gasteiger charge is 2.17. The Bertz CT molecular complexity index is 488. The zero-order chi connectivity index (χ0) is 13.8. The van der Waals surface area contributed by atoms with Gasteiger partial charge in [0, 0.05) is 22.3 Å². The fourth-order valence-electron chi connectivity index (χ4n) is 1.89. The van der Waals surface area contributed by atoms with Gasteiger partial charge < -0.3 is 5.32 Å². The van der Waals surface area contributed by atoms with Crippen LogP contribution in [0, 0.1) is 0 Å². The van der Waals surface area contributed by atoms with Crippen molar-refractivity contribution >= 4 is 25.8 Å². The molecule has 1 rings (SSSR count). The van der Waals surface area contributed by atoms with Gasteiger partial charge in [-0.2, -0.15) is 0 Å². The van der Waals surface area contributed by atoms with E-state index >= 15 is 0 Å². The van der Waals surface area contributed by atoms with Crippen LogP contribution in [0.1, 0.15) is 32.4 Å². The molecule has 0 aliphatic heterocycles. The van der Waals surface area contributed by atoms with Crippen LogP contribution in [-0.4, -0.2) is 26.0 Å². The van der Waals surface area contributed by atoms with Crippen molar-refractivity contribution in [2.24, 2.45) is 0 Å². The number of rotatable bonds is 6. The summed E-state index contributed by atoms with van der Waals surface area (Å²) in [7, 11) is -2.93. The summed E-state index contributed by atoms with van der Waals surface area (Å²) in [5.41, 5.74) is 1.14. The predicted octanol–water partition coefficient (Wildman–Crippen LogP) is 2.92. The standard InChI is InChI=1S/C13H20BrNO2S/c1-4-18(16,17)9-10(2)15-11(3)12-7-5-6-8-13(12)14/h5-8,10-11,15H,4,9H2,1-3H3. The molecule has 3 nitrogen and oxygen atoms in total. The van der Waals surface area contributed by atoms with Crippen LogP contribution in [0.4, 0.5) is 0 Å². The van der Waals surface area contributed by atoms with Crippen molar-refractivity contribution in [3.05, 3.63) is 34.3 Å². The molecule has 102 valence electrons. The van der Waals surface area contributed by atoms with Crippen molar-refractivity contribution in [1.82, 2.24) is 5.32 Å². The molecule has 0 aliphatic rings. The molecule has 5 heteroatoms. The topological polar surface area (TPSA) is 46.2 Å². The number of halogens is 1. The molecule has 1 N–H and O–H groups in total. The lowest BCUT2D eigenvalue weighted by atomic mass is 10.1. The van der Waals surface area contributed by atoms with E-state index in [0.717, 1.165) is 10.0 Å². The highest BCUT2D eigenvalue weighted by atomic mass is 79.9. The van der Waals surface area contributed by atoms with Crippen LogP contribution in [-0.2, 0) is 9.84 Å². The van der Waals surface area contributed by atoms with E-state index in [9.17, 15) is 8.42 Å². The minimum absolute atomic E-state index is 0.0583. The maximum Gasteiger partial charge on any atom is 0.151 e. The molecule has 1 aromatic carbocycles. The van der Waals surface area contributed by atoms with Gasteiger partial charge in [0.25, 0.3) is 0 Å². The molecule has 0 radical (unpaired) electrons. The number of nitrogens with one attached hydrogen (secondary N) is 1. The number of hydrogen-bond acceptors (Lipinski definition) is 3. The van der Waals surface area contributed by atoms with E-state index in [1.54, 1.807) is 6.92 Å². The molecule has 2 unspecified atom stereocenters. The molecule has 0 spiro atoms. The summed E-state index contributed by atoms with van der Waals surface area (Å²) in [5, 5.41) is 3.32. The van der Waals surface area contributed by atoms with Crippen LogP contribution in [0.15, 0.2) is 28.7 Å². The zero-order valence-corrected chi connectivity index (χ0v) is 13.4. The van der Waals surface area contributed by atoms with E-state index in [2.05, 4.69) is 21.2 Å². The molecule has 0 bridgehead atoms. The van der Waals surface area contributed by atoms with Gasteiger partial charge >= 0.3 is 0 Å². The number of hydrogen-bond donors (Lipinski definition) is 1. The first-order valence-corrected chi connectivity index (χ1v) is 8.68. The minimum Gasteiger partial charge on any atom is -0.307 e. The van der Waals surface area contributed by atoms with Crippen LogP contribution < -0.4 is 5.32 Å². The Morgan fingerprint density at radius 1 is 1.28 bits per heavy atom. The molecule has 2 atom stereocenters. The predicted molar refractivity (Wildman–Crippen MR) is 79.5 cm³/mol. The maximum atomic E-state index is 11.5. The van der Waals surface area contributed by atoms with Gasteiger partial charge in [-0.05, 0) is 25.5 Å². The molecular weight excluding hydrogens is 314 g/mol. The number of benzene rings is 1. The minimum atomic E-state index is -2.93. The van der Waals surface area contributed by atoms with Gasteiger partial charge in [-0.15, -0.1) is 0 Å². The summed E-state index contributed by atoms with van der Waals surface area (Å²) in [6.07, 6.45) is 0. The van der Waals surface area contributed by atoms with E-state index in [0.29, 0.717) is 0 Å². The van der Waals surface area contributed by atoms with Crippen LogP contribution in [0.2, 0.25) is 0 Å². The van der Waals surface area contributed by atoms with Crippen molar-refractivity contribution in [1.29, 1.82) is 0 Å². The third-order valence-corrected chi connectivity index (χ3v) is 5.46. The summed E-state index contributed by atoms with van der Waals surface area (Å²) in [5.74, 6) is 0.376. The highest BCUT2D eigenvalue weighted by Crippen LogP contribution is 2.23. The van der Waals surface area contributed by atoms with Crippen molar-refractivity contribution < 1.29 is 8.42 Å². The van der Waals surface area contributed by atoms with Crippen LogP contribution in [0.25, 0.3) is 0 Å². The third-order valence-electron chi connectivity index (χ3n) is 2.85. The van der Waals surface area contributed by atoms with E-state index in [1.165, 1.54) is 0 Å². The zero-order valence-electron chi connectivity index (χ0n) is 11.0.